The van der Waals surface area contributed by atoms with E-state index in [9.17, 15) is 14.4 Å². The van der Waals surface area contributed by atoms with E-state index in [0.29, 0.717) is 59.8 Å². The van der Waals surface area contributed by atoms with Crippen LogP contribution in [-0.2, 0) is 9.47 Å². The minimum absolute atomic E-state index is 0.326. The number of benzene rings is 3. The van der Waals surface area contributed by atoms with E-state index in [1.54, 1.807) is 60.7 Å². The lowest BCUT2D eigenvalue weighted by Crippen LogP contribution is -2.36. The Balaban J connectivity index is 1.48. The fraction of sp³-hybridized carbons (Fsp3) is 0.179. The van der Waals surface area contributed by atoms with Crippen LogP contribution < -0.4 is 15.8 Å². The van der Waals surface area contributed by atoms with Gasteiger partial charge in [0, 0.05) is 24.0 Å². The molecule has 1 amide bonds. The van der Waals surface area contributed by atoms with E-state index in [1.165, 1.54) is 7.11 Å². The maximum Gasteiger partial charge on any atom is 0.344 e. The Morgan fingerprint density at radius 3 is 2.53 bits per heavy atom. The number of carbonyl (C=O) groups excluding carboxylic acids is 2. The first kappa shape index (κ1) is 23.3. The largest absolute Gasteiger partial charge is 0.465 e. The van der Waals surface area contributed by atoms with Gasteiger partial charge in [-0.15, -0.1) is 0 Å². The van der Waals surface area contributed by atoms with Crippen molar-refractivity contribution in [1.29, 1.82) is 0 Å². The van der Waals surface area contributed by atoms with Gasteiger partial charge >= 0.3 is 11.6 Å². The molecule has 3 aromatic carbocycles. The van der Waals surface area contributed by atoms with Crippen LogP contribution in [0.2, 0.25) is 0 Å². The van der Waals surface area contributed by atoms with Crippen LogP contribution in [0, 0.1) is 0 Å². The number of ether oxygens (including phenoxy) is 2. The van der Waals surface area contributed by atoms with Gasteiger partial charge in [-0.05, 0) is 48.0 Å². The molecule has 0 atom stereocenters. The molecule has 5 rings (SSSR count). The number of para-hydroxylation sites is 1. The standard InChI is InChI=1S/C28H24N2O6/c1-34-27(32)21-9-10-24(30-11-13-35-14-12-30)23(17-21)29-26(31)20-7-4-6-18(15-20)22-16-19-5-2-3-8-25(19)36-28(22)33/h2-10,15-17H,11-14H2,1H3,(H,29,31). The number of esters is 1. The van der Waals surface area contributed by atoms with E-state index < -0.39 is 11.6 Å². The first-order valence-corrected chi connectivity index (χ1v) is 11.5. The van der Waals surface area contributed by atoms with Gasteiger partial charge < -0.3 is 24.1 Å². The van der Waals surface area contributed by atoms with Crippen LogP contribution in [0.4, 0.5) is 11.4 Å². The molecule has 0 aliphatic carbocycles. The molecule has 0 radical (unpaired) electrons. The highest BCUT2D eigenvalue weighted by Gasteiger charge is 2.19. The Hall–Kier alpha value is -4.43. The third kappa shape index (κ3) is 4.71. The summed E-state index contributed by atoms with van der Waals surface area (Å²) in [5, 5.41) is 3.72. The smallest absolute Gasteiger partial charge is 0.344 e. The number of anilines is 2. The van der Waals surface area contributed by atoms with Crippen LogP contribution in [0.25, 0.3) is 22.1 Å². The summed E-state index contributed by atoms with van der Waals surface area (Å²) in [4.78, 5) is 40.2. The highest BCUT2D eigenvalue weighted by atomic mass is 16.5. The normalized spacial score (nSPS) is 13.4. The summed E-state index contributed by atoms with van der Waals surface area (Å²) in [5.74, 6) is -0.873. The predicted octanol–water partition coefficient (Wildman–Crippen LogP) is 4.34. The zero-order valence-electron chi connectivity index (χ0n) is 19.7. The maximum atomic E-state index is 13.3. The molecule has 1 aromatic heterocycles. The first-order valence-electron chi connectivity index (χ1n) is 11.5. The van der Waals surface area contributed by atoms with Crippen molar-refractivity contribution in [3.8, 4) is 11.1 Å². The summed E-state index contributed by atoms with van der Waals surface area (Å²) >= 11 is 0. The summed E-state index contributed by atoms with van der Waals surface area (Å²) in [6, 6.07) is 20.9. The number of methoxy groups -OCH3 is 1. The molecule has 0 saturated carbocycles. The summed E-state index contributed by atoms with van der Waals surface area (Å²) in [6.07, 6.45) is 0. The van der Waals surface area contributed by atoms with Crippen LogP contribution in [0.5, 0.6) is 0 Å². The molecule has 1 saturated heterocycles. The Kier molecular flexibility index (Phi) is 6.51. The predicted molar refractivity (Wildman–Crippen MR) is 137 cm³/mol. The Morgan fingerprint density at radius 2 is 1.72 bits per heavy atom. The van der Waals surface area contributed by atoms with Crippen molar-refractivity contribution in [3.63, 3.8) is 0 Å². The second kappa shape index (κ2) is 10.1. The highest BCUT2D eigenvalue weighted by molar-refractivity contribution is 6.07. The van der Waals surface area contributed by atoms with Gasteiger partial charge in [0.25, 0.3) is 5.91 Å². The van der Waals surface area contributed by atoms with E-state index in [0.717, 1.165) is 11.1 Å². The van der Waals surface area contributed by atoms with E-state index in [-0.39, 0.29) is 5.91 Å². The van der Waals surface area contributed by atoms with Gasteiger partial charge in [0.05, 0.1) is 42.8 Å². The first-order chi connectivity index (χ1) is 17.5. The zero-order valence-corrected chi connectivity index (χ0v) is 19.7. The molecule has 1 fully saturated rings. The summed E-state index contributed by atoms with van der Waals surface area (Å²) in [6.45, 7) is 2.46. The van der Waals surface area contributed by atoms with Crippen LogP contribution in [0.3, 0.4) is 0 Å². The van der Waals surface area contributed by atoms with Gasteiger partial charge in [-0.1, -0.05) is 30.3 Å². The molecule has 0 bridgehead atoms. The summed E-state index contributed by atoms with van der Waals surface area (Å²) in [7, 11) is 1.31. The average Bonchev–Trinajstić information content (AvgIpc) is 2.92. The van der Waals surface area contributed by atoms with Gasteiger partial charge in [0.15, 0.2) is 0 Å². The third-order valence-electron chi connectivity index (χ3n) is 6.09. The number of carbonyl (C=O) groups is 2. The molecule has 1 aliphatic heterocycles. The van der Waals surface area contributed by atoms with Crippen molar-refractivity contribution in [3.05, 3.63) is 94.3 Å². The van der Waals surface area contributed by atoms with E-state index in [1.807, 2.05) is 12.1 Å². The summed E-state index contributed by atoms with van der Waals surface area (Å²) < 4.78 is 15.8. The molecule has 0 spiro atoms. The minimum atomic E-state index is -0.496. The molecule has 4 aromatic rings. The molecule has 8 heteroatoms. The number of hydrogen-bond donors (Lipinski definition) is 1. The van der Waals surface area contributed by atoms with Gasteiger partial charge in [0.2, 0.25) is 0 Å². The minimum Gasteiger partial charge on any atom is -0.465 e. The van der Waals surface area contributed by atoms with Crippen LogP contribution in [-0.4, -0.2) is 45.3 Å². The van der Waals surface area contributed by atoms with Gasteiger partial charge in [0.1, 0.15) is 5.58 Å². The molecular formula is C28H24N2O6. The van der Waals surface area contributed by atoms with Gasteiger partial charge in [-0.3, -0.25) is 4.79 Å². The fourth-order valence-electron chi connectivity index (χ4n) is 4.25. The average molecular weight is 485 g/mol. The molecule has 36 heavy (non-hydrogen) atoms. The second-order valence-electron chi connectivity index (χ2n) is 8.34. The lowest BCUT2D eigenvalue weighted by molar-refractivity contribution is 0.0600. The molecule has 8 nitrogen and oxygen atoms in total. The number of nitrogens with one attached hydrogen (secondary N) is 1. The van der Waals surface area contributed by atoms with Crippen molar-refractivity contribution < 1.29 is 23.5 Å². The van der Waals surface area contributed by atoms with Crippen molar-refractivity contribution in [2.24, 2.45) is 0 Å². The lowest BCUT2D eigenvalue weighted by atomic mass is 10.0. The molecule has 182 valence electrons. The zero-order chi connectivity index (χ0) is 25.1. The van der Waals surface area contributed by atoms with Crippen molar-refractivity contribution >= 4 is 34.2 Å². The molecule has 1 aliphatic rings. The second-order valence-corrected chi connectivity index (χ2v) is 8.34. The molecule has 2 heterocycles. The number of rotatable bonds is 5. The van der Waals surface area contributed by atoms with Crippen LogP contribution in [0.1, 0.15) is 20.7 Å². The Bertz CT molecular complexity index is 1500. The van der Waals surface area contributed by atoms with Crippen molar-refractivity contribution in [2.45, 2.75) is 0 Å². The lowest BCUT2D eigenvalue weighted by Gasteiger charge is -2.30. The number of fused-ring (bicyclic) bond motifs is 1. The monoisotopic (exact) mass is 484 g/mol. The van der Waals surface area contributed by atoms with Crippen LogP contribution >= 0.6 is 0 Å². The Morgan fingerprint density at radius 1 is 0.917 bits per heavy atom. The van der Waals surface area contributed by atoms with E-state index in [2.05, 4.69) is 10.2 Å². The van der Waals surface area contributed by atoms with E-state index in [4.69, 9.17) is 13.9 Å². The Labute approximate surface area is 207 Å². The fourth-order valence-corrected chi connectivity index (χ4v) is 4.25. The number of nitrogens with zero attached hydrogens (tertiary/aromatic N) is 1. The molecular weight excluding hydrogens is 460 g/mol. The van der Waals surface area contributed by atoms with Gasteiger partial charge in [-0.25, -0.2) is 9.59 Å². The van der Waals surface area contributed by atoms with Gasteiger partial charge in [-0.2, -0.15) is 0 Å². The van der Waals surface area contributed by atoms with Crippen LogP contribution in [0.15, 0.2) is 82.0 Å². The summed E-state index contributed by atoms with van der Waals surface area (Å²) in [5.41, 5.74) is 2.91. The third-order valence-corrected chi connectivity index (χ3v) is 6.09. The number of morpholine rings is 1. The molecule has 0 unspecified atom stereocenters. The SMILES string of the molecule is COC(=O)c1ccc(N2CCOCC2)c(NC(=O)c2cccc(-c3cc4ccccc4oc3=O)c2)c1. The maximum absolute atomic E-state index is 13.3. The quantitative estimate of drug-likeness (QED) is 0.332. The highest BCUT2D eigenvalue weighted by Crippen LogP contribution is 2.29. The number of hydrogen-bond acceptors (Lipinski definition) is 7. The topological polar surface area (TPSA) is 98.1 Å². The van der Waals surface area contributed by atoms with Crippen molar-refractivity contribution in [1.82, 2.24) is 0 Å². The molecule has 1 N–H and O–H groups in total. The number of amides is 1. The van der Waals surface area contributed by atoms with Crippen molar-refractivity contribution in [2.75, 3.05) is 43.6 Å². The van der Waals surface area contributed by atoms with E-state index >= 15 is 0 Å².